The molecule has 2 saturated heterocycles. The quantitative estimate of drug-likeness (QED) is 0.862. The van der Waals surface area contributed by atoms with Gasteiger partial charge < -0.3 is 14.9 Å². The van der Waals surface area contributed by atoms with Crippen molar-refractivity contribution >= 4 is 23.5 Å². The van der Waals surface area contributed by atoms with Crippen LogP contribution in [0.4, 0.5) is 5.69 Å². The number of carboxylic acid groups (broad SMARTS) is 1. The molecule has 146 valence electrons. The lowest BCUT2D eigenvalue weighted by Crippen LogP contribution is -2.43. The first-order valence-corrected chi connectivity index (χ1v) is 9.74. The normalized spacial score (nSPS) is 23.0. The number of carbonyl (C=O) groups excluding carboxylic acids is 2. The van der Waals surface area contributed by atoms with Gasteiger partial charge in [-0.25, -0.2) is 0 Å². The van der Waals surface area contributed by atoms with Gasteiger partial charge in [-0.05, 0) is 56.2 Å². The number of benzene rings is 1. The smallest absolute Gasteiger partial charge is 0.303 e. The highest BCUT2D eigenvalue weighted by Crippen LogP contribution is 2.31. The third-order valence-electron chi connectivity index (χ3n) is 5.94. The molecule has 2 unspecified atom stereocenters. The first-order valence-electron chi connectivity index (χ1n) is 9.74. The second-order valence-electron chi connectivity index (χ2n) is 7.85. The van der Waals surface area contributed by atoms with E-state index in [2.05, 4.69) is 0 Å². The van der Waals surface area contributed by atoms with Crippen LogP contribution in [0.5, 0.6) is 0 Å². The van der Waals surface area contributed by atoms with Crippen LogP contribution in [0.1, 0.15) is 43.2 Å². The second-order valence-corrected chi connectivity index (χ2v) is 7.85. The predicted molar refractivity (Wildman–Crippen MR) is 103 cm³/mol. The molecule has 0 spiro atoms. The molecular weight excluding hydrogens is 344 g/mol. The highest BCUT2D eigenvalue weighted by atomic mass is 16.4. The fourth-order valence-corrected chi connectivity index (χ4v) is 4.22. The first-order chi connectivity index (χ1) is 12.9. The number of carbonyl (C=O) groups is 3. The molecular formula is C21H28N2O4. The fraction of sp³-hybridized carbons (Fsp3) is 0.571. The maximum absolute atomic E-state index is 13.0. The molecule has 0 bridgehead atoms. The largest absolute Gasteiger partial charge is 0.481 e. The molecule has 0 aromatic heterocycles. The van der Waals surface area contributed by atoms with Crippen molar-refractivity contribution in [1.82, 2.24) is 4.90 Å². The molecule has 27 heavy (non-hydrogen) atoms. The topological polar surface area (TPSA) is 77.9 Å². The Kier molecular flexibility index (Phi) is 5.82. The van der Waals surface area contributed by atoms with Gasteiger partial charge in [0.2, 0.25) is 11.8 Å². The Morgan fingerprint density at radius 2 is 2.00 bits per heavy atom. The molecule has 2 aliphatic heterocycles. The van der Waals surface area contributed by atoms with Crippen LogP contribution in [-0.2, 0) is 14.4 Å². The molecule has 6 nitrogen and oxygen atoms in total. The minimum Gasteiger partial charge on any atom is -0.481 e. The molecule has 1 N–H and O–H groups in total. The van der Waals surface area contributed by atoms with Gasteiger partial charge in [-0.15, -0.1) is 0 Å². The molecule has 6 heteroatoms. The Morgan fingerprint density at radius 1 is 1.22 bits per heavy atom. The van der Waals surface area contributed by atoms with Gasteiger partial charge in [0, 0.05) is 38.2 Å². The number of nitrogens with zero attached hydrogens (tertiary/aromatic N) is 2. The SMILES string of the molecule is Cc1cccc(N2CC(C(=O)N3CCCC(CCC(=O)O)C3)CC2=O)c1C. The second kappa shape index (κ2) is 8.11. The first kappa shape index (κ1) is 19.4. The summed E-state index contributed by atoms with van der Waals surface area (Å²) in [4.78, 5) is 40.0. The van der Waals surface area contributed by atoms with Crippen LogP contribution in [0, 0.1) is 25.7 Å². The zero-order valence-corrected chi connectivity index (χ0v) is 16.1. The number of carboxylic acids is 1. The van der Waals surface area contributed by atoms with E-state index in [1.807, 2.05) is 36.9 Å². The van der Waals surface area contributed by atoms with E-state index in [0.717, 1.165) is 29.7 Å². The van der Waals surface area contributed by atoms with Crippen molar-refractivity contribution in [3.8, 4) is 0 Å². The summed E-state index contributed by atoms with van der Waals surface area (Å²) in [6.45, 7) is 5.77. The van der Waals surface area contributed by atoms with Gasteiger partial charge in [-0.2, -0.15) is 0 Å². The molecule has 2 fully saturated rings. The van der Waals surface area contributed by atoms with Crippen LogP contribution in [0.25, 0.3) is 0 Å². The number of likely N-dealkylation sites (tertiary alicyclic amines) is 1. The summed E-state index contributed by atoms with van der Waals surface area (Å²) in [5.41, 5.74) is 3.10. The summed E-state index contributed by atoms with van der Waals surface area (Å²) < 4.78 is 0. The molecule has 0 aliphatic carbocycles. The Labute approximate surface area is 160 Å². The number of piperidine rings is 1. The number of anilines is 1. The van der Waals surface area contributed by atoms with E-state index in [9.17, 15) is 14.4 Å². The van der Waals surface area contributed by atoms with Crippen LogP contribution < -0.4 is 4.90 Å². The molecule has 0 radical (unpaired) electrons. The van der Waals surface area contributed by atoms with Crippen molar-refractivity contribution < 1.29 is 19.5 Å². The van der Waals surface area contributed by atoms with Gasteiger partial charge in [-0.3, -0.25) is 14.4 Å². The lowest BCUT2D eigenvalue weighted by molar-refractivity contribution is -0.138. The van der Waals surface area contributed by atoms with E-state index in [1.54, 1.807) is 4.90 Å². The fourth-order valence-electron chi connectivity index (χ4n) is 4.22. The third kappa shape index (κ3) is 4.31. The lowest BCUT2D eigenvalue weighted by atomic mass is 9.92. The van der Waals surface area contributed by atoms with Crippen molar-refractivity contribution in [2.75, 3.05) is 24.5 Å². The Bertz CT molecular complexity index is 746. The van der Waals surface area contributed by atoms with Crippen LogP contribution in [0.3, 0.4) is 0 Å². The highest BCUT2D eigenvalue weighted by molar-refractivity contribution is 6.01. The molecule has 2 heterocycles. The van der Waals surface area contributed by atoms with Crippen molar-refractivity contribution in [1.29, 1.82) is 0 Å². The Morgan fingerprint density at radius 3 is 2.74 bits per heavy atom. The van der Waals surface area contributed by atoms with Crippen molar-refractivity contribution in [2.45, 2.75) is 46.0 Å². The molecule has 3 rings (SSSR count). The summed E-state index contributed by atoms with van der Waals surface area (Å²) in [5.74, 6) is -0.816. The number of aryl methyl sites for hydroxylation is 1. The number of aliphatic carboxylic acids is 1. The number of hydrogen-bond acceptors (Lipinski definition) is 3. The van der Waals surface area contributed by atoms with E-state index in [1.165, 1.54) is 0 Å². The molecule has 1 aromatic carbocycles. The standard InChI is InChI=1S/C21H28N2O4/c1-14-5-3-7-18(15(14)2)23-13-17(11-19(23)24)21(27)22-10-4-6-16(12-22)8-9-20(25)26/h3,5,7,16-17H,4,6,8-13H2,1-2H3,(H,25,26). The summed E-state index contributed by atoms with van der Waals surface area (Å²) in [6, 6.07) is 5.90. The summed E-state index contributed by atoms with van der Waals surface area (Å²) in [6.07, 6.45) is 2.88. The van der Waals surface area contributed by atoms with Gasteiger partial charge in [0.1, 0.15) is 0 Å². The van der Waals surface area contributed by atoms with Crippen LogP contribution in [0.15, 0.2) is 18.2 Å². The average molecular weight is 372 g/mol. The minimum atomic E-state index is -0.788. The van der Waals surface area contributed by atoms with E-state index in [4.69, 9.17) is 5.11 Å². The number of hydrogen-bond donors (Lipinski definition) is 1. The van der Waals surface area contributed by atoms with Gasteiger partial charge in [0.25, 0.3) is 0 Å². The predicted octanol–water partition coefficient (Wildman–Crippen LogP) is 2.76. The van der Waals surface area contributed by atoms with Gasteiger partial charge in [-0.1, -0.05) is 12.1 Å². The Balaban J connectivity index is 1.65. The van der Waals surface area contributed by atoms with Crippen molar-refractivity contribution in [2.24, 2.45) is 11.8 Å². The Hall–Kier alpha value is -2.37. The van der Waals surface area contributed by atoms with Crippen molar-refractivity contribution in [3.63, 3.8) is 0 Å². The van der Waals surface area contributed by atoms with Crippen molar-refractivity contribution in [3.05, 3.63) is 29.3 Å². The van der Waals surface area contributed by atoms with Crippen LogP contribution >= 0.6 is 0 Å². The summed E-state index contributed by atoms with van der Waals surface area (Å²) in [7, 11) is 0. The lowest BCUT2D eigenvalue weighted by Gasteiger charge is -2.34. The van der Waals surface area contributed by atoms with E-state index >= 15 is 0 Å². The number of rotatable bonds is 5. The molecule has 2 atom stereocenters. The third-order valence-corrected chi connectivity index (χ3v) is 5.94. The molecule has 0 saturated carbocycles. The maximum atomic E-state index is 13.0. The van der Waals surface area contributed by atoms with Crippen LogP contribution in [0.2, 0.25) is 0 Å². The molecule has 2 aliphatic rings. The zero-order valence-electron chi connectivity index (χ0n) is 16.1. The van der Waals surface area contributed by atoms with Gasteiger partial charge in [0.15, 0.2) is 0 Å². The van der Waals surface area contributed by atoms with Gasteiger partial charge in [0.05, 0.1) is 5.92 Å². The minimum absolute atomic E-state index is 0.00138. The monoisotopic (exact) mass is 372 g/mol. The number of amides is 2. The van der Waals surface area contributed by atoms with Crippen LogP contribution in [-0.4, -0.2) is 47.4 Å². The average Bonchev–Trinajstić information content (AvgIpc) is 3.03. The summed E-state index contributed by atoms with van der Waals surface area (Å²) >= 11 is 0. The van der Waals surface area contributed by atoms with Gasteiger partial charge >= 0.3 is 5.97 Å². The van der Waals surface area contributed by atoms with E-state index in [0.29, 0.717) is 26.1 Å². The van der Waals surface area contributed by atoms with E-state index < -0.39 is 5.97 Å². The summed E-state index contributed by atoms with van der Waals surface area (Å²) in [5, 5.41) is 8.88. The zero-order chi connectivity index (χ0) is 19.6. The maximum Gasteiger partial charge on any atom is 0.303 e. The van der Waals surface area contributed by atoms with E-state index in [-0.39, 0.29) is 36.5 Å². The molecule has 1 aromatic rings. The molecule has 2 amide bonds. The highest BCUT2D eigenvalue weighted by Gasteiger charge is 2.38.